The summed E-state index contributed by atoms with van der Waals surface area (Å²) >= 11 is 0. The summed E-state index contributed by atoms with van der Waals surface area (Å²) in [7, 11) is 0. The summed E-state index contributed by atoms with van der Waals surface area (Å²) in [6, 6.07) is 13.2. The third-order valence-corrected chi connectivity index (χ3v) is 4.65. The lowest BCUT2D eigenvalue weighted by Crippen LogP contribution is -2.11. The van der Waals surface area contributed by atoms with E-state index < -0.39 is 17.7 Å². The maximum atomic E-state index is 13.1. The number of hydrogen-bond acceptors (Lipinski definition) is 4. The summed E-state index contributed by atoms with van der Waals surface area (Å²) < 4.78 is 49.8. The lowest BCUT2D eigenvalue weighted by molar-refractivity contribution is -0.138. The van der Waals surface area contributed by atoms with Crippen LogP contribution < -0.4 is 9.47 Å². The molecule has 0 spiro atoms. The van der Waals surface area contributed by atoms with Crippen LogP contribution in [0.25, 0.3) is 0 Å². The zero-order valence-electron chi connectivity index (χ0n) is 15.2. The Morgan fingerprint density at radius 2 is 1.69 bits per heavy atom. The molecule has 0 atom stereocenters. The number of benzene rings is 2. The molecule has 148 valence electrons. The van der Waals surface area contributed by atoms with Gasteiger partial charge in [0.1, 0.15) is 22.9 Å². The van der Waals surface area contributed by atoms with E-state index in [1.807, 2.05) is 12.1 Å². The van der Waals surface area contributed by atoms with Crippen LogP contribution in [0.1, 0.15) is 33.6 Å². The number of ether oxygens (including phenoxy) is 2. The average Bonchev–Trinajstić information content (AvgIpc) is 3.16. The van der Waals surface area contributed by atoms with Crippen LogP contribution in [0.15, 0.2) is 60.8 Å². The van der Waals surface area contributed by atoms with Crippen molar-refractivity contribution in [2.75, 3.05) is 0 Å². The molecule has 0 N–H and O–H groups in total. The van der Waals surface area contributed by atoms with Crippen molar-refractivity contribution in [2.24, 2.45) is 0 Å². The normalized spacial score (nSPS) is 13.1. The van der Waals surface area contributed by atoms with Gasteiger partial charge < -0.3 is 9.47 Å². The first-order chi connectivity index (χ1) is 13.9. The standard InChI is InChI=1S/C22H16F3NO3/c23-22(24,25)18-6-1-2-7-20(18)28-17-10-11-19(26-13-17)21(27)29-16-9-8-14-4-3-5-15(14)12-16/h1-2,6-13H,3-5H2. The van der Waals surface area contributed by atoms with E-state index in [4.69, 9.17) is 9.47 Å². The predicted molar refractivity (Wildman–Crippen MR) is 99.2 cm³/mol. The third kappa shape index (κ3) is 4.23. The molecule has 0 bridgehead atoms. The fourth-order valence-electron chi connectivity index (χ4n) is 3.25. The minimum atomic E-state index is -4.54. The highest BCUT2D eigenvalue weighted by Gasteiger charge is 2.34. The number of halogens is 3. The Labute approximate surface area is 164 Å². The number of esters is 1. The first-order valence-corrected chi connectivity index (χ1v) is 9.04. The summed E-state index contributed by atoms with van der Waals surface area (Å²) in [6.45, 7) is 0. The molecule has 0 amide bonds. The Morgan fingerprint density at radius 1 is 0.931 bits per heavy atom. The molecule has 3 aromatic rings. The maximum Gasteiger partial charge on any atom is 0.419 e. The van der Waals surface area contributed by atoms with Gasteiger partial charge in [-0.2, -0.15) is 13.2 Å². The zero-order valence-corrected chi connectivity index (χ0v) is 15.2. The van der Waals surface area contributed by atoms with Crippen molar-refractivity contribution in [3.63, 3.8) is 0 Å². The van der Waals surface area contributed by atoms with Gasteiger partial charge in [0.25, 0.3) is 0 Å². The van der Waals surface area contributed by atoms with Gasteiger partial charge >= 0.3 is 12.1 Å². The fraction of sp³-hybridized carbons (Fsp3) is 0.182. The second-order valence-corrected chi connectivity index (χ2v) is 6.65. The average molecular weight is 399 g/mol. The Morgan fingerprint density at radius 3 is 2.45 bits per heavy atom. The quantitative estimate of drug-likeness (QED) is 0.423. The number of aryl methyl sites for hydroxylation is 2. The van der Waals surface area contributed by atoms with E-state index in [0.29, 0.717) is 5.75 Å². The maximum absolute atomic E-state index is 13.1. The summed E-state index contributed by atoms with van der Waals surface area (Å²) in [5.74, 6) is -0.465. The van der Waals surface area contributed by atoms with Gasteiger partial charge in [0.05, 0.1) is 11.8 Å². The molecule has 1 aliphatic carbocycles. The smallest absolute Gasteiger partial charge is 0.419 e. The third-order valence-electron chi connectivity index (χ3n) is 4.65. The van der Waals surface area contributed by atoms with Crippen molar-refractivity contribution in [1.29, 1.82) is 0 Å². The zero-order chi connectivity index (χ0) is 20.4. The van der Waals surface area contributed by atoms with Crippen molar-refractivity contribution in [1.82, 2.24) is 4.98 Å². The van der Waals surface area contributed by atoms with Gasteiger partial charge in [0.15, 0.2) is 0 Å². The first kappa shape index (κ1) is 19.0. The van der Waals surface area contributed by atoms with Gasteiger partial charge in [-0.1, -0.05) is 18.2 Å². The van der Waals surface area contributed by atoms with E-state index in [1.54, 1.807) is 6.07 Å². The number of pyridine rings is 1. The molecule has 0 saturated heterocycles. The minimum Gasteiger partial charge on any atom is -0.455 e. The van der Waals surface area contributed by atoms with Gasteiger partial charge in [0.2, 0.25) is 0 Å². The highest BCUT2D eigenvalue weighted by atomic mass is 19.4. The molecule has 1 heterocycles. The van der Waals surface area contributed by atoms with E-state index >= 15 is 0 Å². The highest BCUT2D eigenvalue weighted by Crippen LogP contribution is 2.37. The predicted octanol–water partition coefficient (Wildman–Crippen LogP) is 5.60. The molecule has 0 fully saturated rings. The number of carbonyl (C=O) groups excluding carboxylic acids is 1. The number of fused-ring (bicyclic) bond motifs is 1. The van der Waals surface area contributed by atoms with Crippen LogP contribution in [-0.4, -0.2) is 11.0 Å². The number of para-hydroxylation sites is 1. The molecule has 4 rings (SSSR count). The van der Waals surface area contributed by atoms with Crippen LogP contribution in [0, 0.1) is 0 Å². The van der Waals surface area contributed by atoms with Gasteiger partial charge in [-0.15, -0.1) is 0 Å². The Balaban J connectivity index is 1.46. The lowest BCUT2D eigenvalue weighted by Gasteiger charge is -2.13. The summed E-state index contributed by atoms with van der Waals surface area (Å²) in [6.07, 6.45) is -0.266. The molecule has 1 aliphatic rings. The van der Waals surface area contributed by atoms with Crippen molar-refractivity contribution in [3.8, 4) is 17.2 Å². The molecule has 29 heavy (non-hydrogen) atoms. The van der Waals surface area contributed by atoms with Gasteiger partial charge in [-0.05, 0) is 66.8 Å². The number of aromatic nitrogens is 1. The summed E-state index contributed by atoms with van der Waals surface area (Å²) in [4.78, 5) is 16.2. The molecule has 2 aromatic carbocycles. The highest BCUT2D eigenvalue weighted by molar-refractivity contribution is 5.89. The van der Waals surface area contributed by atoms with Crippen molar-refractivity contribution in [3.05, 3.63) is 83.2 Å². The van der Waals surface area contributed by atoms with Crippen LogP contribution in [0.2, 0.25) is 0 Å². The van der Waals surface area contributed by atoms with Crippen LogP contribution in [-0.2, 0) is 19.0 Å². The fourth-order valence-corrected chi connectivity index (χ4v) is 3.25. The second-order valence-electron chi connectivity index (χ2n) is 6.65. The molecule has 0 unspecified atom stereocenters. The van der Waals surface area contributed by atoms with Crippen LogP contribution in [0.3, 0.4) is 0 Å². The second kappa shape index (κ2) is 7.58. The Bertz CT molecular complexity index is 1050. The topological polar surface area (TPSA) is 48.4 Å². The monoisotopic (exact) mass is 399 g/mol. The number of hydrogen-bond donors (Lipinski definition) is 0. The van der Waals surface area contributed by atoms with Gasteiger partial charge in [-0.25, -0.2) is 9.78 Å². The van der Waals surface area contributed by atoms with Crippen LogP contribution in [0.5, 0.6) is 17.2 Å². The van der Waals surface area contributed by atoms with E-state index in [0.717, 1.165) is 25.3 Å². The van der Waals surface area contributed by atoms with E-state index in [-0.39, 0.29) is 17.2 Å². The molecule has 1 aromatic heterocycles. The van der Waals surface area contributed by atoms with Crippen molar-refractivity contribution in [2.45, 2.75) is 25.4 Å². The van der Waals surface area contributed by atoms with Crippen molar-refractivity contribution < 1.29 is 27.4 Å². The number of rotatable bonds is 4. The van der Waals surface area contributed by atoms with E-state index in [9.17, 15) is 18.0 Å². The molecule has 4 nitrogen and oxygen atoms in total. The lowest BCUT2D eigenvalue weighted by atomic mass is 10.1. The van der Waals surface area contributed by atoms with Crippen LogP contribution in [0.4, 0.5) is 13.2 Å². The van der Waals surface area contributed by atoms with E-state index in [2.05, 4.69) is 4.98 Å². The number of alkyl halides is 3. The first-order valence-electron chi connectivity index (χ1n) is 9.04. The summed E-state index contributed by atoms with van der Waals surface area (Å²) in [5.41, 5.74) is 1.58. The molecule has 0 aliphatic heterocycles. The Hall–Kier alpha value is -3.35. The molecule has 0 radical (unpaired) electrons. The Kier molecular flexibility index (Phi) is 4.96. The van der Waals surface area contributed by atoms with Gasteiger partial charge in [0, 0.05) is 0 Å². The minimum absolute atomic E-state index is 0.0296. The largest absolute Gasteiger partial charge is 0.455 e. The summed E-state index contributed by atoms with van der Waals surface area (Å²) in [5, 5.41) is 0. The number of nitrogens with zero attached hydrogens (tertiary/aromatic N) is 1. The molecule has 0 saturated carbocycles. The van der Waals surface area contributed by atoms with Crippen molar-refractivity contribution >= 4 is 5.97 Å². The van der Waals surface area contributed by atoms with Gasteiger partial charge in [-0.3, -0.25) is 0 Å². The molecular weight excluding hydrogens is 383 g/mol. The SMILES string of the molecule is O=C(Oc1ccc2c(c1)CCC2)c1ccc(Oc2ccccc2C(F)(F)F)cn1. The number of carbonyl (C=O) groups is 1. The van der Waals surface area contributed by atoms with E-state index in [1.165, 1.54) is 47.7 Å². The molecule has 7 heteroatoms. The molecular formula is C22H16F3NO3. The van der Waals surface area contributed by atoms with Crippen LogP contribution >= 0.6 is 0 Å².